The van der Waals surface area contributed by atoms with Gasteiger partial charge in [0.15, 0.2) is 0 Å². The molecule has 0 heterocycles. The van der Waals surface area contributed by atoms with Crippen molar-refractivity contribution < 1.29 is 24.2 Å². The summed E-state index contributed by atoms with van der Waals surface area (Å²) in [6.07, 6.45) is 16.0. The lowest BCUT2D eigenvalue weighted by molar-refractivity contribution is -0.250. The maximum absolute atomic E-state index is 13.9. The lowest BCUT2D eigenvalue weighted by Crippen LogP contribution is -2.67. The predicted molar refractivity (Wildman–Crippen MR) is 202 cm³/mol. The standard InChI is InChI=1S/C44H72N2O5/c1-27(2)30-16-21-44(24-35(47)46-29-12-10-28(45)11-13-29)23-22-42(8)31(38(30)44)14-15-33-41(7)19-18-34(40(5,6)32(41)17-20-43(33,42)9)51-37(50)26-39(3,4)25-36(48)49/h28-34,38H,1,10-26,45H2,2-9H3,(H,46,47)(H,48,49)/t28-,29-,30-,31+,32-,33+,34-,38+,41-,42+,43+,44+/m0/s1. The third kappa shape index (κ3) is 6.64. The Bertz CT molecular complexity index is 1380. The van der Waals surface area contributed by atoms with E-state index in [0.717, 1.165) is 57.8 Å². The molecule has 6 aliphatic carbocycles. The molecule has 6 fully saturated rings. The van der Waals surface area contributed by atoms with Crippen LogP contribution < -0.4 is 11.1 Å². The highest BCUT2D eigenvalue weighted by molar-refractivity contribution is 5.77. The van der Waals surface area contributed by atoms with E-state index >= 15 is 0 Å². The van der Waals surface area contributed by atoms with Crippen LogP contribution in [0.15, 0.2) is 12.2 Å². The van der Waals surface area contributed by atoms with Crippen molar-refractivity contribution >= 4 is 17.8 Å². The van der Waals surface area contributed by atoms with Gasteiger partial charge in [0.25, 0.3) is 0 Å². The molecule has 7 heteroatoms. The van der Waals surface area contributed by atoms with Gasteiger partial charge in [-0.25, -0.2) is 0 Å². The Hall–Kier alpha value is -1.89. The van der Waals surface area contributed by atoms with Crippen molar-refractivity contribution in [3.8, 4) is 0 Å². The fourth-order valence-corrected chi connectivity index (χ4v) is 14.7. The molecule has 6 saturated carbocycles. The van der Waals surface area contributed by atoms with Crippen LogP contribution in [0.4, 0.5) is 0 Å². The van der Waals surface area contributed by atoms with E-state index in [-0.39, 0.29) is 70.0 Å². The maximum atomic E-state index is 13.9. The minimum Gasteiger partial charge on any atom is -0.481 e. The number of esters is 1. The number of nitrogens with two attached hydrogens (primary N) is 1. The molecule has 0 aromatic rings. The van der Waals surface area contributed by atoms with Crippen LogP contribution in [0.3, 0.4) is 0 Å². The van der Waals surface area contributed by atoms with Crippen molar-refractivity contribution in [3.63, 3.8) is 0 Å². The number of ether oxygens (including phenoxy) is 1. The number of carbonyl (C=O) groups is 3. The number of carboxylic acids is 1. The van der Waals surface area contributed by atoms with Crippen LogP contribution in [-0.2, 0) is 19.1 Å². The van der Waals surface area contributed by atoms with Gasteiger partial charge < -0.3 is 20.9 Å². The lowest BCUT2D eigenvalue weighted by atomic mass is 9.32. The highest BCUT2D eigenvalue weighted by Gasteiger charge is 2.71. The molecular formula is C44H72N2O5. The fourth-order valence-electron chi connectivity index (χ4n) is 14.7. The first-order chi connectivity index (χ1) is 23.7. The van der Waals surface area contributed by atoms with Gasteiger partial charge in [0.1, 0.15) is 6.10 Å². The predicted octanol–water partition coefficient (Wildman–Crippen LogP) is 9.22. The van der Waals surface area contributed by atoms with Crippen molar-refractivity contribution in [2.24, 2.45) is 67.8 Å². The first kappa shape index (κ1) is 38.8. The van der Waals surface area contributed by atoms with Crippen molar-refractivity contribution in [2.45, 2.75) is 183 Å². The van der Waals surface area contributed by atoms with E-state index in [4.69, 9.17) is 10.5 Å². The van der Waals surface area contributed by atoms with Crippen LogP contribution in [0.5, 0.6) is 0 Å². The molecular weight excluding hydrogens is 636 g/mol. The van der Waals surface area contributed by atoms with Gasteiger partial charge >= 0.3 is 11.9 Å². The van der Waals surface area contributed by atoms with Gasteiger partial charge in [0, 0.05) is 23.9 Å². The summed E-state index contributed by atoms with van der Waals surface area (Å²) in [6.45, 7) is 23.1. The van der Waals surface area contributed by atoms with E-state index in [1.807, 2.05) is 13.8 Å². The quantitative estimate of drug-likeness (QED) is 0.162. The number of carboxylic acid groups (broad SMARTS) is 1. The summed E-state index contributed by atoms with van der Waals surface area (Å²) in [5, 5.41) is 12.8. The zero-order valence-electron chi connectivity index (χ0n) is 33.5. The molecule has 6 aliphatic rings. The Labute approximate surface area is 309 Å². The molecule has 0 spiro atoms. The smallest absolute Gasteiger partial charge is 0.306 e. The third-order valence-corrected chi connectivity index (χ3v) is 17.4. The Morgan fingerprint density at radius 2 is 1.51 bits per heavy atom. The van der Waals surface area contributed by atoms with Crippen LogP contribution in [-0.4, -0.2) is 41.1 Å². The highest BCUT2D eigenvalue weighted by Crippen LogP contribution is 2.78. The van der Waals surface area contributed by atoms with Crippen LogP contribution >= 0.6 is 0 Å². The number of fused-ring (bicyclic) bond motifs is 7. The van der Waals surface area contributed by atoms with Crippen LogP contribution in [0.25, 0.3) is 0 Å². The highest BCUT2D eigenvalue weighted by atomic mass is 16.5. The second-order valence-corrected chi connectivity index (χ2v) is 21.2. The number of aliphatic carboxylic acids is 1. The maximum Gasteiger partial charge on any atom is 0.306 e. The van der Waals surface area contributed by atoms with E-state index in [1.165, 1.54) is 37.7 Å². The van der Waals surface area contributed by atoms with Gasteiger partial charge in [-0.3, -0.25) is 14.4 Å². The molecule has 0 aromatic heterocycles. The minimum atomic E-state index is -0.881. The number of amides is 1. The summed E-state index contributed by atoms with van der Waals surface area (Å²) in [4.78, 5) is 38.5. The summed E-state index contributed by atoms with van der Waals surface area (Å²) in [6, 6.07) is 0.557. The van der Waals surface area contributed by atoms with E-state index in [9.17, 15) is 19.5 Å². The molecule has 51 heavy (non-hydrogen) atoms. The van der Waals surface area contributed by atoms with Gasteiger partial charge in [0.2, 0.25) is 5.91 Å². The summed E-state index contributed by atoms with van der Waals surface area (Å²) >= 11 is 0. The Kier molecular flexibility index (Phi) is 10.2. The summed E-state index contributed by atoms with van der Waals surface area (Å²) in [5.74, 6) is 1.79. The van der Waals surface area contributed by atoms with Gasteiger partial charge in [0.05, 0.1) is 12.8 Å². The van der Waals surface area contributed by atoms with Crippen molar-refractivity contribution in [1.82, 2.24) is 5.32 Å². The zero-order chi connectivity index (χ0) is 37.4. The Morgan fingerprint density at radius 1 is 0.824 bits per heavy atom. The van der Waals surface area contributed by atoms with Crippen molar-refractivity contribution in [1.29, 1.82) is 0 Å². The number of hydrogen-bond acceptors (Lipinski definition) is 5. The SMILES string of the molecule is C=C(C)[C@@H]1CC[C@]2(CC(=O)N[C@H]3CC[C@H](N)CC3)CC[C@]3(C)[C@H](CC[C@@H]4[C@@]5(C)CC[C@H](OC(=O)CC(C)(C)CC(=O)O)C(C)(C)[C@@H]5CC[C@]43C)[C@@H]12. The molecule has 10 atom stereocenters. The first-order valence-electron chi connectivity index (χ1n) is 20.8. The second kappa shape index (κ2) is 13.4. The third-order valence-electron chi connectivity index (χ3n) is 17.4. The van der Waals surface area contributed by atoms with Crippen LogP contribution in [0, 0.1) is 62.1 Å². The van der Waals surface area contributed by atoms with E-state index in [2.05, 4.69) is 53.4 Å². The van der Waals surface area contributed by atoms with Crippen LogP contribution in [0.2, 0.25) is 0 Å². The number of hydrogen-bond donors (Lipinski definition) is 3. The van der Waals surface area contributed by atoms with Crippen molar-refractivity contribution in [3.05, 3.63) is 12.2 Å². The number of nitrogens with one attached hydrogen (secondary N) is 1. The van der Waals surface area contributed by atoms with E-state index in [1.54, 1.807) is 0 Å². The topological polar surface area (TPSA) is 119 Å². The van der Waals surface area contributed by atoms with Gasteiger partial charge in [-0.2, -0.15) is 0 Å². The van der Waals surface area contributed by atoms with E-state index in [0.29, 0.717) is 36.0 Å². The Morgan fingerprint density at radius 3 is 2.16 bits per heavy atom. The largest absolute Gasteiger partial charge is 0.481 e. The molecule has 0 saturated heterocycles. The molecule has 0 bridgehead atoms. The summed E-state index contributed by atoms with van der Waals surface area (Å²) in [5.41, 5.74) is 7.34. The average molecular weight is 709 g/mol. The molecule has 4 N–H and O–H groups in total. The van der Waals surface area contributed by atoms with Gasteiger partial charge in [-0.05, 0) is 153 Å². The van der Waals surface area contributed by atoms with Gasteiger partial charge in [-0.15, -0.1) is 0 Å². The van der Waals surface area contributed by atoms with E-state index < -0.39 is 11.4 Å². The molecule has 288 valence electrons. The molecule has 1 amide bonds. The fraction of sp³-hybridized carbons (Fsp3) is 0.886. The summed E-state index contributed by atoms with van der Waals surface area (Å²) in [7, 11) is 0. The number of allylic oxidation sites excluding steroid dienone is 1. The second-order valence-electron chi connectivity index (χ2n) is 21.2. The Balaban J connectivity index is 1.21. The van der Waals surface area contributed by atoms with Crippen LogP contribution in [0.1, 0.15) is 165 Å². The molecule has 0 aliphatic heterocycles. The van der Waals surface area contributed by atoms with Crippen molar-refractivity contribution in [2.75, 3.05) is 0 Å². The monoisotopic (exact) mass is 709 g/mol. The summed E-state index contributed by atoms with van der Waals surface area (Å²) < 4.78 is 6.28. The zero-order valence-corrected chi connectivity index (χ0v) is 33.5. The molecule has 7 nitrogen and oxygen atoms in total. The molecule has 6 rings (SSSR count). The normalized spacial score (nSPS) is 44.6. The first-order valence-corrected chi connectivity index (χ1v) is 20.8. The number of carbonyl (C=O) groups excluding carboxylic acids is 2. The number of rotatable bonds is 9. The minimum absolute atomic E-state index is 0.0464. The van der Waals surface area contributed by atoms with Gasteiger partial charge in [-0.1, -0.05) is 60.6 Å². The molecule has 0 unspecified atom stereocenters. The lowest BCUT2D eigenvalue weighted by Gasteiger charge is -2.73. The molecule has 0 radical (unpaired) electrons. The average Bonchev–Trinajstić information content (AvgIpc) is 3.38. The molecule has 0 aromatic carbocycles.